The number of rotatable bonds is 7. The fourth-order valence-corrected chi connectivity index (χ4v) is 1.98. The average Bonchev–Trinajstić information content (AvgIpc) is 2.68. The van der Waals surface area contributed by atoms with Crippen LogP contribution in [0.15, 0.2) is 12.3 Å². The molecule has 0 bridgehead atoms. The Hall–Kier alpha value is -0.830. The van der Waals surface area contributed by atoms with Crippen molar-refractivity contribution in [2.75, 3.05) is 7.05 Å². The zero-order chi connectivity index (χ0) is 12.0. The van der Waals surface area contributed by atoms with Crippen LogP contribution in [0.5, 0.6) is 0 Å². The van der Waals surface area contributed by atoms with Gasteiger partial charge >= 0.3 is 0 Å². The van der Waals surface area contributed by atoms with Gasteiger partial charge in [-0.2, -0.15) is 5.10 Å². The van der Waals surface area contributed by atoms with Crippen LogP contribution in [0.2, 0.25) is 0 Å². The van der Waals surface area contributed by atoms with E-state index >= 15 is 0 Å². The summed E-state index contributed by atoms with van der Waals surface area (Å²) in [6.07, 6.45) is 5.48. The van der Waals surface area contributed by atoms with Crippen LogP contribution in [0.3, 0.4) is 0 Å². The van der Waals surface area contributed by atoms with Crippen molar-refractivity contribution in [3.8, 4) is 0 Å². The minimum atomic E-state index is 0.441. The first-order valence-electron chi connectivity index (χ1n) is 6.38. The summed E-state index contributed by atoms with van der Waals surface area (Å²) >= 11 is 0. The van der Waals surface area contributed by atoms with Crippen molar-refractivity contribution in [2.45, 2.75) is 52.6 Å². The average molecular weight is 223 g/mol. The van der Waals surface area contributed by atoms with Gasteiger partial charge in [0.15, 0.2) is 0 Å². The molecule has 92 valence electrons. The SMILES string of the molecule is CCCn1nccc1C(CCC(C)C)NC. The number of nitrogens with zero attached hydrogens (tertiary/aromatic N) is 2. The van der Waals surface area contributed by atoms with E-state index in [0.717, 1.165) is 18.9 Å². The van der Waals surface area contributed by atoms with Crippen molar-refractivity contribution in [1.82, 2.24) is 15.1 Å². The van der Waals surface area contributed by atoms with Crippen molar-refractivity contribution in [2.24, 2.45) is 5.92 Å². The first kappa shape index (κ1) is 13.2. The molecule has 0 aliphatic carbocycles. The molecular formula is C13H25N3. The van der Waals surface area contributed by atoms with Gasteiger partial charge in [0, 0.05) is 18.8 Å². The van der Waals surface area contributed by atoms with E-state index in [9.17, 15) is 0 Å². The molecule has 1 rings (SSSR count). The summed E-state index contributed by atoms with van der Waals surface area (Å²) in [5.41, 5.74) is 1.32. The van der Waals surface area contributed by atoms with Gasteiger partial charge in [0.25, 0.3) is 0 Å². The number of hydrogen-bond acceptors (Lipinski definition) is 2. The van der Waals surface area contributed by atoms with Crippen LogP contribution >= 0.6 is 0 Å². The molecule has 1 aromatic heterocycles. The Bertz CT molecular complexity index is 291. The summed E-state index contributed by atoms with van der Waals surface area (Å²) in [6.45, 7) is 7.75. The monoisotopic (exact) mass is 223 g/mol. The van der Waals surface area contributed by atoms with E-state index in [1.54, 1.807) is 0 Å². The Balaban J connectivity index is 2.66. The maximum Gasteiger partial charge on any atom is 0.0553 e. The molecule has 0 saturated carbocycles. The fourth-order valence-electron chi connectivity index (χ4n) is 1.98. The lowest BCUT2D eigenvalue weighted by molar-refractivity contribution is 0.432. The molecule has 0 aliphatic rings. The molecule has 0 saturated heterocycles. The molecule has 0 fully saturated rings. The third-order valence-corrected chi connectivity index (χ3v) is 2.92. The zero-order valence-electron chi connectivity index (χ0n) is 11.0. The summed E-state index contributed by atoms with van der Waals surface area (Å²) in [6, 6.07) is 2.58. The summed E-state index contributed by atoms with van der Waals surface area (Å²) in [7, 11) is 2.04. The molecule has 0 aliphatic heterocycles. The number of hydrogen-bond donors (Lipinski definition) is 1. The smallest absolute Gasteiger partial charge is 0.0553 e. The highest BCUT2D eigenvalue weighted by Gasteiger charge is 2.14. The third-order valence-electron chi connectivity index (χ3n) is 2.92. The highest BCUT2D eigenvalue weighted by atomic mass is 15.3. The maximum absolute atomic E-state index is 4.38. The molecule has 1 heterocycles. The molecular weight excluding hydrogens is 198 g/mol. The normalized spacial score (nSPS) is 13.3. The van der Waals surface area contributed by atoms with Crippen molar-refractivity contribution >= 4 is 0 Å². The summed E-state index contributed by atoms with van der Waals surface area (Å²) in [5.74, 6) is 0.762. The third kappa shape index (κ3) is 3.63. The van der Waals surface area contributed by atoms with Crippen molar-refractivity contribution in [3.05, 3.63) is 18.0 Å². The Kier molecular flexibility index (Phi) is 5.53. The first-order valence-corrected chi connectivity index (χ1v) is 6.38. The largest absolute Gasteiger partial charge is 0.312 e. The second-order valence-corrected chi connectivity index (χ2v) is 4.79. The van der Waals surface area contributed by atoms with Crippen molar-refractivity contribution in [1.29, 1.82) is 0 Å². The van der Waals surface area contributed by atoms with Gasteiger partial charge in [0.2, 0.25) is 0 Å². The second-order valence-electron chi connectivity index (χ2n) is 4.79. The molecule has 0 radical (unpaired) electrons. The molecule has 16 heavy (non-hydrogen) atoms. The molecule has 3 nitrogen and oxygen atoms in total. The van der Waals surface area contributed by atoms with E-state index in [-0.39, 0.29) is 0 Å². The van der Waals surface area contributed by atoms with Gasteiger partial charge in [0.1, 0.15) is 0 Å². The molecule has 1 N–H and O–H groups in total. The summed E-state index contributed by atoms with van der Waals surface area (Å²) in [4.78, 5) is 0. The lowest BCUT2D eigenvalue weighted by Gasteiger charge is -2.18. The van der Waals surface area contributed by atoms with Gasteiger partial charge in [-0.15, -0.1) is 0 Å². The van der Waals surface area contributed by atoms with E-state index in [4.69, 9.17) is 0 Å². The summed E-state index contributed by atoms with van der Waals surface area (Å²) < 4.78 is 2.13. The molecule has 1 aromatic rings. The standard InChI is InChI=1S/C13H25N3/c1-5-10-16-13(8-9-15-16)12(14-4)7-6-11(2)3/h8-9,11-12,14H,5-7,10H2,1-4H3. The number of aromatic nitrogens is 2. The van der Waals surface area contributed by atoms with Gasteiger partial charge < -0.3 is 5.32 Å². The fraction of sp³-hybridized carbons (Fsp3) is 0.769. The summed E-state index contributed by atoms with van der Waals surface area (Å²) in [5, 5.41) is 7.78. The van der Waals surface area contributed by atoms with Crippen LogP contribution in [0.25, 0.3) is 0 Å². The van der Waals surface area contributed by atoms with E-state index in [2.05, 4.69) is 41.9 Å². The zero-order valence-corrected chi connectivity index (χ0v) is 11.0. The lowest BCUT2D eigenvalue weighted by atomic mass is 10.0. The van der Waals surface area contributed by atoms with Crippen LogP contribution in [-0.2, 0) is 6.54 Å². The van der Waals surface area contributed by atoms with Crippen LogP contribution in [0.4, 0.5) is 0 Å². The van der Waals surface area contributed by atoms with Crippen molar-refractivity contribution < 1.29 is 0 Å². The van der Waals surface area contributed by atoms with E-state index in [0.29, 0.717) is 6.04 Å². The van der Waals surface area contributed by atoms with Gasteiger partial charge in [0.05, 0.1) is 5.69 Å². The Morgan fingerprint density at radius 3 is 2.69 bits per heavy atom. The maximum atomic E-state index is 4.38. The topological polar surface area (TPSA) is 29.9 Å². The number of nitrogens with one attached hydrogen (secondary N) is 1. The van der Waals surface area contributed by atoms with Crippen LogP contribution in [-0.4, -0.2) is 16.8 Å². The predicted octanol–water partition coefficient (Wildman–Crippen LogP) is 2.99. The molecule has 1 atom stereocenters. The minimum Gasteiger partial charge on any atom is -0.312 e. The van der Waals surface area contributed by atoms with Crippen molar-refractivity contribution in [3.63, 3.8) is 0 Å². The number of aryl methyl sites for hydroxylation is 1. The minimum absolute atomic E-state index is 0.441. The molecule has 0 aromatic carbocycles. The van der Waals surface area contributed by atoms with E-state index in [1.807, 2.05) is 13.2 Å². The van der Waals surface area contributed by atoms with Gasteiger partial charge in [-0.1, -0.05) is 20.8 Å². The van der Waals surface area contributed by atoms with Gasteiger partial charge in [-0.05, 0) is 38.3 Å². The highest BCUT2D eigenvalue weighted by molar-refractivity contribution is 5.06. The molecule has 3 heteroatoms. The van der Waals surface area contributed by atoms with Crippen LogP contribution in [0.1, 0.15) is 51.8 Å². The molecule has 0 spiro atoms. The van der Waals surface area contributed by atoms with Crippen LogP contribution in [0, 0.1) is 5.92 Å². The van der Waals surface area contributed by atoms with Crippen LogP contribution < -0.4 is 5.32 Å². The Labute approximate surface area is 99.2 Å². The lowest BCUT2D eigenvalue weighted by Crippen LogP contribution is -2.21. The van der Waals surface area contributed by atoms with Gasteiger partial charge in [-0.3, -0.25) is 4.68 Å². The first-order chi connectivity index (χ1) is 7.69. The Morgan fingerprint density at radius 1 is 1.38 bits per heavy atom. The molecule has 1 unspecified atom stereocenters. The predicted molar refractivity (Wildman–Crippen MR) is 68.4 cm³/mol. The van der Waals surface area contributed by atoms with E-state index < -0.39 is 0 Å². The quantitative estimate of drug-likeness (QED) is 0.770. The van der Waals surface area contributed by atoms with Gasteiger partial charge in [-0.25, -0.2) is 0 Å². The molecule has 0 amide bonds. The Morgan fingerprint density at radius 2 is 2.12 bits per heavy atom. The second kappa shape index (κ2) is 6.69. The highest BCUT2D eigenvalue weighted by Crippen LogP contribution is 2.20. The van der Waals surface area contributed by atoms with E-state index in [1.165, 1.54) is 18.5 Å².